The molecule has 106 valence electrons. The second-order valence-electron chi connectivity index (χ2n) is 4.73. The molecule has 5 heteroatoms. The number of benzene rings is 1. The molecule has 3 nitrogen and oxygen atoms in total. The van der Waals surface area contributed by atoms with Gasteiger partial charge in [-0.2, -0.15) is 0 Å². The van der Waals surface area contributed by atoms with E-state index in [4.69, 9.17) is 0 Å². The lowest BCUT2D eigenvalue weighted by Crippen LogP contribution is -2.07. The van der Waals surface area contributed by atoms with Crippen molar-refractivity contribution in [2.24, 2.45) is 0 Å². The average Bonchev–Trinajstić information content (AvgIpc) is 2.70. The van der Waals surface area contributed by atoms with Crippen LogP contribution in [0.5, 0.6) is 0 Å². The van der Waals surface area contributed by atoms with Crippen LogP contribution in [-0.4, -0.2) is 15.8 Å². The number of hydrogen-bond acceptors (Lipinski definition) is 2. The Morgan fingerprint density at radius 2 is 2.10 bits per heavy atom. The van der Waals surface area contributed by atoms with Crippen molar-refractivity contribution >= 4 is 5.78 Å². The molecule has 0 aliphatic carbocycles. The summed E-state index contributed by atoms with van der Waals surface area (Å²) in [5.74, 6) is -1.44. The van der Waals surface area contributed by atoms with Gasteiger partial charge in [0.25, 0.3) is 0 Å². The third-order valence-electron chi connectivity index (χ3n) is 3.08. The summed E-state index contributed by atoms with van der Waals surface area (Å²) in [7, 11) is 0. The fraction of sp³-hybridized carbons (Fsp3) is 0.333. The van der Waals surface area contributed by atoms with Gasteiger partial charge in [0.1, 0.15) is 17.5 Å². The number of halogens is 2. The first-order valence-corrected chi connectivity index (χ1v) is 6.54. The number of aromatic amines is 1. The van der Waals surface area contributed by atoms with E-state index in [0.29, 0.717) is 11.9 Å². The number of rotatable bonds is 5. The lowest BCUT2D eigenvalue weighted by molar-refractivity contribution is 0.0987. The summed E-state index contributed by atoms with van der Waals surface area (Å²) < 4.78 is 26.3. The summed E-state index contributed by atoms with van der Waals surface area (Å²) in [5, 5.41) is 0. The zero-order valence-electron chi connectivity index (χ0n) is 11.5. The van der Waals surface area contributed by atoms with Gasteiger partial charge in [0.2, 0.25) is 0 Å². The van der Waals surface area contributed by atoms with Gasteiger partial charge in [0.15, 0.2) is 5.78 Å². The van der Waals surface area contributed by atoms with Gasteiger partial charge in [-0.15, -0.1) is 0 Å². The van der Waals surface area contributed by atoms with E-state index in [1.807, 2.05) is 13.8 Å². The number of aromatic nitrogens is 2. The summed E-state index contributed by atoms with van der Waals surface area (Å²) in [6.45, 7) is 3.94. The van der Waals surface area contributed by atoms with Crippen molar-refractivity contribution in [3.8, 4) is 0 Å². The van der Waals surface area contributed by atoms with Crippen LogP contribution in [0.15, 0.2) is 18.2 Å². The van der Waals surface area contributed by atoms with Crippen molar-refractivity contribution in [3.05, 3.63) is 52.6 Å². The number of nitrogens with one attached hydrogen (secondary N) is 1. The van der Waals surface area contributed by atoms with E-state index in [9.17, 15) is 13.6 Å². The molecule has 1 aromatic heterocycles. The topological polar surface area (TPSA) is 45.8 Å². The van der Waals surface area contributed by atoms with Crippen LogP contribution in [-0.2, 0) is 12.8 Å². The summed E-state index contributed by atoms with van der Waals surface area (Å²) in [6.07, 6.45) is 1.78. The van der Waals surface area contributed by atoms with Crippen molar-refractivity contribution in [1.82, 2.24) is 9.97 Å². The Kier molecular flexibility index (Phi) is 4.27. The predicted octanol–water partition coefficient (Wildman–Crippen LogP) is 3.37. The van der Waals surface area contributed by atoms with Crippen LogP contribution in [0.25, 0.3) is 0 Å². The number of hydrogen-bond donors (Lipinski definition) is 1. The zero-order valence-corrected chi connectivity index (χ0v) is 11.5. The van der Waals surface area contributed by atoms with Crippen molar-refractivity contribution in [2.45, 2.75) is 33.1 Å². The second kappa shape index (κ2) is 5.94. The lowest BCUT2D eigenvalue weighted by Gasteiger charge is -2.01. The average molecular weight is 278 g/mol. The van der Waals surface area contributed by atoms with Crippen LogP contribution in [0.2, 0.25) is 0 Å². The number of nitrogens with zero attached hydrogens (tertiary/aromatic N) is 1. The smallest absolute Gasteiger partial charge is 0.173 e. The third-order valence-corrected chi connectivity index (χ3v) is 3.08. The van der Waals surface area contributed by atoms with E-state index in [1.54, 1.807) is 0 Å². The highest BCUT2D eigenvalue weighted by molar-refractivity contribution is 5.97. The molecule has 1 aromatic carbocycles. The van der Waals surface area contributed by atoms with E-state index in [2.05, 4.69) is 9.97 Å². The molecule has 0 atom stereocenters. The van der Waals surface area contributed by atoms with Crippen molar-refractivity contribution in [3.63, 3.8) is 0 Å². The first-order chi connectivity index (χ1) is 9.51. The Morgan fingerprint density at radius 3 is 2.75 bits per heavy atom. The summed E-state index contributed by atoms with van der Waals surface area (Å²) in [6, 6.07) is 2.95. The zero-order chi connectivity index (χ0) is 14.7. The van der Waals surface area contributed by atoms with Gasteiger partial charge in [-0.05, 0) is 25.5 Å². The van der Waals surface area contributed by atoms with E-state index < -0.39 is 17.4 Å². The quantitative estimate of drug-likeness (QED) is 0.852. The molecule has 1 N–H and O–H groups in total. The van der Waals surface area contributed by atoms with E-state index in [0.717, 1.165) is 36.4 Å². The van der Waals surface area contributed by atoms with Crippen LogP contribution in [0.4, 0.5) is 8.78 Å². The Balaban J connectivity index is 2.17. The molecule has 0 bridgehead atoms. The molecule has 0 unspecified atom stereocenters. The van der Waals surface area contributed by atoms with Crippen LogP contribution in [0.1, 0.15) is 40.9 Å². The van der Waals surface area contributed by atoms with Crippen molar-refractivity contribution in [2.75, 3.05) is 0 Å². The highest BCUT2D eigenvalue weighted by Crippen LogP contribution is 2.14. The molecule has 0 saturated carbocycles. The number of imidazole rings is 1. The third kappa shape index (κ3) is 3.10. The second-order valence-corrected chi connectivity index (χ2v) is 4.73. The predicted molar refractivity (Wildman–Crippen MR) is 71.7 cm³/mol. The molecule has 20 heavy (non-hydrogen) atoms. The molecule has 0 radical (unpaired) electrons. The Labute approximate surface area is 116 Å². The minimum absolute atomic E-state index is 0.0207. The molecule has 0 fully saturated rings. The van der Waals surface area contributed by atoms with Gasteiger partial charge in [-0.25, -0.2) is 13.8 Å². The SMILES string of the molecule is CCCc1nc(CC(=O)c2ccc(F)cc2F)[nH]c1C. The van der Waals surface area contributed by atoms with Crippen LogP contribution >= 0.6 is 0 Å². The van der Waals surface area contributed by atoms with Gasteiger partial charge < -0.3 is 4.98 Å². The monoisotopic (exact) mass is 278 g/mol. The molecule has 2 aromatic rings. The van der Waals surface area contributed by atoms with Gasteiger partial charge in [-0.1, -0.05) is 13.3 Å². The molecule has 0 aliphatic rings. The molecule has 0 saturated heterocycles. The van der Waals surface area contributed by atoms with E-state index >= 15 is 0 Å². The Hall–Kier alpha value is -2.04. The van der Waals surface area contributed by atoms with Crippen LogP contribution in [0, 0.1) is 18.6 Å². The van der Waals surface area contributed by atoms with Crippen molar-refractivity contribution in [1.29, 1.82) is 0 Å². The van der Waals surface area contributed by atoms with E-state index in [1.165, 1.54) is 0 Å². The Morgan fingerprint density at radius 1 is 1.35 bits per heavy atom. The minimum Gasteiger partial charge on any atom is -0.345 e. The van der Waals surface area contributed by atoms with Gasteiger partial charge in [-0.3, -0.25) is 4.79 Å². The number of aryl methyl sites for hydroxylation is 2. The fourth-order valence-corrected chi connectivity index (χ4v) is 2.09. The molecule has 1 heterocycles. The summed E-state index contributed by atoms with van der Waals surface area (Å²) >= 11 is 0. The molecule has 0 aliphatic heterocycles. The maximum atomic E-state index is 13.5. The Bertz CT molecular complexity index is 635. The molecular formula is C15H16F2N2O. The number of carbonyl (C=O) groups excluding carboxylic acids is 1. The van der Waals surface area contributed by atoms with E-state index in [-0.39, 0.29) is 12.0 Å². The van der Waals surface area contributed by atoms with Crippen LogP contribution < -0.4 is 0 Å². The highest BCUT2D eigenvalue weighted by Gasteiger charge is 2.15. The highest BCUT2D eigenvalue weighted by atomic mass is 19.1. The largest absolute Gasteiger partial charge is 0.345 e. The molecular weight excluding hydrogens is 262 g/mol. The normalized spacial score (nSPS) is 10.8. The number of Topliss-reactive ketones (excluding diaryl/α,β-unsaturated/α-hetero) is 1. The maximum absolute atomic E-state index is 13.5. The number of carbonyl (C=O) groups is 1. The summed E-state index contributed by atoms with van der Waals surface area (Å²) in [5.41, 5.74) is 1.74. The van der Waals surface area contributed by atoms with Gasteiger partial charge >= 0.3 is 0 Å². The summed E-state index contributed by atoms with van der Waals surface area (Å²) in [4.78, 5) is 19.4. The fourth-order valence-electron chi connectivity index (χ4n) is 2.09. The lowest BCUT2D eigenvalue weighted by atomic mass is 10.1. The van der Waals surface area contributed by atoms with Crippen LogP contribution in [0.3, 0.4) is 0 Å². The first kappa shape index (κ1) is 14.4. The number of H-pyrrole nitrogens is 1. The molecule has 0 spiro atoms. The molecule has 0 amide bonds. The van der Waals surface area contributed by atoms with Crippen molar-refractivity contribution < 1.29 is 13.6 Å². The standard InChI is InChI=1S/C15H16F2N2O/c1-3-4-13-9(2)18-15(19-13)8-14(20)11-6-5-10(16)7-12(11)17/h5-7H,3-4,8H2,1-2H3,(H,18,19). The first-order valence-electron chi connectivity index (χ1n) is 6.54. The van der Waals surface area contributed by atoms with Gasteiger partial charge in [0, 0.05) is 11.8 Å². The number of ketones is 1. The molecule has 2 rings (SSSR count). The van der Waals surface area contributed by atoms with Gasteiger partial charge in [0.05, 0.1) is 17.7 Å². The minimum atomic E-state index is -0.841. The maximum Gasteiger partial charge on any atom is 0.173 e.